The van der Waals surface area contributed by atoms with Gasteiger partial charge >= 0.3 is 5.97 Å². The fourth-order valence-electron chi connectivity index (χ4n) is 3.01. The van der Waals surface area contributed by atoms with Gasteiger partial charge in [0, 0.05) is 25.1 Å². The highest BCUT2D eigenvalue weighted by Crippen LogP contribution is 2.12. The molecule has 1 unspecified atom stereocenters. The van der Waals surface area contributed by atoms with Gasteiger partial charge in [0.15, 0.2) is 0 Å². The predicted octanol–water partition coefficient (Wildman–Crippen LogP) is 2.78. The average Bonchev–Trinajstić information content (AvgIpc) is 3.22. The monoisotopic (exact) mass is 372 g/mol. The van der Waals surface area contributed by atoms with Gasteiger partial charge in [-0.15, -0.1) is 0 Å². The van der Waals surface area contributed by atoms with Crippen molar-refractivity contribution in [2.75, 3.05) is 20.2 Å². The first-order chi connectivity index (χ1) is 13.0. The van der Waals surface area contributed by atoms with Crippen molar-refractivity contribution in [3.63, 3.8) is 0 Å². The molecule has 0 aliphatic carbocycles. The van der Waals surface area contributed by atoms with E-state index in [1.165, 1.54) is 7.11 Å². The lowest BCUT2D eigenvalue weighted by Crippen LogP contribution is -2.39. The lowest BCUT2D eigenvalue weighted by Gasteiger charge is -2.14. The zero-order valence-corrected chi connectivity index (χ0v) is 16.1. The van der Waals surface area contributed by atoms with E-state index in [4.69, 9.17) is 0 Å². The third-order valence-electron chi connectivity index (χ3n) is 4.58. The Morgan fingerprint density at radius 1 is 1.26 bits per heavy atom. The van der Waals surface area contributed by atoms with E-state index in [1.807, 2.05) is 23.1 Å². The highest BCUT2D eigenvalue weighted by molar-refractivity contribution is 5.97. The van der Waals surface area contributed by atoms with Crippen molar-refractivity contribution in [1.29, 1.82) is 0 Å². The number of rotatable bonds is 8. The number of benzene rings is 1. The highest BCUT2D eigenvalue weighted by Gasteiger charge is 2.17. The molecular formula is C21H28N2O4. The molecule has 0 spiro atoms. The van der Waals surface area contributed by atoms with Gasteiger partial charge in [-0.2, -0.15) is 0 Å². The summed E-state index contributed by atoms with van der Waals surface area (Å²) in [6.45, 7) is 3.38. The number of nitrogens with zero attached hydrogens (tertiary/aromatic N) is 1. The first-order valence-electron chi connectivity index (χ1n) is 9.44. The van der Waals surface area contributed by atoms with Crippen LogP contribution in [0.3, 0.4) is 0 Å². The minimum atomic E-state index is -0.699. The highest BCUT2D eigenvalue weighted by atomic mass is 16.5. The van der Waals surface area contributed by atoms with Gasteiger partial charge in [0.25, 0.3) is 5.91 Å². The van der Waals surface area contributed by atoms with Crippen LogP contribution in [0.5, 0.6) is 0 Å². The van der Waals surface area contributed by atoms with Crippen LogP contribution in [0.2, 0.25) is 0 Å². The van der Waals surface area contributed by atoms with Crippen LogP contribution in [0.15, 0.2) is 30.3 Å². The molecule has 1 aromatic carbocycles. The number of likely N-dealkylation sites (tertiary alicyclic amines) is 1. The maximum Gasteiger partial charge on any atom is 0.328 e. The van der Waals surface area contributed by atoms with Crippen LogP contribution in [0.25, 0.3) is 6.08 Å². The lowest BCUT2D eigenvalue weighted by molar-refractivity contribution is -0.142. The SMILES string of the molecule is COC(=O)C(C)NC(=O)c1cccc(C=CCCCC(=O)N2CCCC2)c1. The maximum absolute atomic E-state index is 12.2. The molecule has 0 aromatic heterocycles. The number of hydrogen-bond acceptors (Lipinski definition) is 4. The van der Waals surface area contributed by atoms with Crippen molar-refractivity contribution >= 4 is 23.9 Å². The molecule has 146 valence electrons. The van der Waals surface area contributed by atoms with Gasteiger partial charge in [-0.1, -0.05) is 24.3 Å². The summed E-state index contributed by atoms with van der Waals surface area (Å²) in [6.07, 6.45) is 8.42. The van der Waals surface area contributed by atoms with Crippen molar-refractivity contribution in [2.45, 2.75) is 45.1 Å². The predicted molar refractivity (Wildman–Crippen MR) is 104 cm³/mol. The zero-order valence-electron chi connectivity index (χ0n) is 16.1. The number of unbranched alkanes of at least 4 members (excludes halogenated alkanes) is 1. The van der Waals surface area contributed by atoms with E-state index in [1.54, 1.807) is 25.1 Å². The third-order valence-corrected chi connectivity index (χ3v) is 4.58. The van der Waals surface area contributed by atoms with Crippen molar-refractivity contribution < 1.29 is 19.1 Å². The minimum Gasteiger partial charge on any atom is -0.467 e. The van der Waals surface area contributed by atoms with Gasteiger partial charge < -0.3 is 15.0 Å². The quantitative estimate of drug-likeness (QED) is 0.562. The summed E-state index contributed by atoms with van der Waals surface area (Å²) in [5.41, 5.74) is 1.39. The van der Waals surface area contributed by atoms with Crippen LogP contribution < -0.4 is 5.32 Å². The first kappa shape index (κ1) is 20.7. The standard InChI is InChI=1S/C21H28N2O4/c1-16(21(26)27-2)22-20(25)18-11-8-10-17(15-18)9-4-3-5-12-19(24)23-13-6-7-14-23/h4,8-11,15-16H,3,5-7,12-14H2,1-2H3,(H,22,25). The van der Waals surface area contributed by atoms with E-state index in [2.05, 4.69) is 10.1 Å². The zero-order chi connectivity index (χ0) is 19.6. The van der Waals surface area contributed by atoms with Gasteiger partial charge in [0.1, 0.15) is 6.04 Å². The van der Waals surface area contributed by atoms with Crippen LogP contribution in [-0.4, -0.2) is 48.9 Å². The molecule has 1 N–H and O–H groups in total. The third kappa shape index (κ3) is 6.55. The number of carbonyl (C=O) groups is 3. The summed E-state index contributed by atoms with van der Waals surface area (Å²) < 4.78 is 4.61. The van der Waals surface area contributed by atoms with Gasteiger partial charge in [0.2, 0.25) is 5.91 Å². The van der Waals surface area contributed by atoms with Crippen LogP contribution in [0.4, 0.5) is 0 Å². The van der Waals surface area contributed by atoms with Crippen LogP contribution >= 0.6 is 0 Å². The fourth-order valence-corrected chi connectivity index (χ4v) is 3.01. The normalized spacial score (nSPS) is 15.0. The smallest absolute Gasteiger partial charge is 0.328 e. The van der Waals surface area contributed by atoms with E-state index >= 15 is 0 Å². The van der Waals surface area contributed by atoms with Crippen LogP contribution in [0, 0.1) is 0 Å². The number of nitrogens with one attached hydrogen (secondary N) is 1. The number of esters is 1. The molecular weight excluding hydrogens is 344 g/mol. The van der Waals surface area contributed by atoms with Crippen molar-refractivity contribution in [3.8, 4) is 0 Å². The number of amides is 2. The van der Waals surface area contributed by atoms with E-state index in [0.717, 1.165) is 44.3 Å². The van der Waals surface area contributed by atoms with Gasteiger partial charge in [0.05, 0.1) is 7.11 Å². The second-order valence-corrected chi connectivity index (χ2v) is 6.73. The molecule has 1 saturated heterocycles. The molecule has 1 aromatic rings. The molecule has 1 aliphatic rings. The number of allylic oxidation sites excluding steroid dienone is 1. The molecule has 1 heterocycles. The number of hydrogen-bond donors (Lipinski definition) is 1. The Kier molecular flexibility index (Phi) is 8.04. The molecule has 27 heavy (non-hydrogen) atoms. The largest absolute Gasteiger partial charge is 0.467 e. The fraction of sp³-hybridized carbons (Fsp3) is 0.476. The van der Waals surface area contributed by atoms with Crippen molar-refractivity contribution in [1.82, 2.24) is 10.2 Å². The van der Waals surface area contributed by atoms with E-state index in [0.29, 0.717) is 12.0 Å². The van der Waals surface area contributed by atoms with Crippen molar-refractivity contribution in [2.24, 2.45) is 0 Å². The Bertz CT molecular complexity index is 693. The minimum absolute atomic E-state index is 0.249. The summed E-state index contributed by atoms with van der Waals surface area (Å²) in [7, 11) is 1.29. The van der Waals surface area contributed by atoms with Crippen LogP contribution in [-0.2, 0) is 14.3 Å². The summed E-state index contributed by atoms with van der Waals surface area (Å²) in [5, 5.41) is 2.61. The van der Waals surface area contributed by atoms with Crippen molar-refractivity contribution in [3.05, 3.63) is 41.5 Å². The van der Waals surface area contributed by atoms with E-state index < -0.39 is 12.0 Å². The second kappa shape index (κ2) is 10.5. The molecule has 1 atom stereocenters. The first-order valence-corrected chi connectivity index (χ1v) is 9.44. The number of ether oxygens (including phenoxy) is 1. The van der Waals surface area contributed by atoms with Gasteiger partial charge in [-0.05, 0) is 50.3 Å². The summed E-state index contributed by atoms with van der Waals surface area (Å²) in [5.74, 6) is -0.554. The Hall–Kier alpha value is -2.63. The molecule has 2 rings (SSSR count). The molecule has 1 fully saturated rings. The maximum atomic E-state index is 12.2. The topological polar surface area (TPSA) is 75.7 Å². The van der Waals surface area contributed by atoms with E-state index in [-0.39, 0.29) is 11.8 Å². The molecule has 0 bridgehead atoms. The van der Waals surface area contributed by atoms with Gasteiger partial charge in [-0.3, -0.25) is 9.59 Å². The molecule has 6 nitrogen and oxygen atoms in total. The Morgan fingerprint density at radius 3 is 2.70 bits per heavy atom. The molecule has 6 heteroatoms. The molecule has 1 aliphatic heterocycles. The van der Waals surface area contributed by atoms with Crippen LogP contribution in [0.1, 0.15) is 54.9 Å². The molecule has 0 saturated carbocycles. The lowest BCUT2D eigenvalue weighted by atomic mass is 10.1. The van der Waals surface area contributed by atoms with Gasteiger partial charge in [-0.25, -0.2) is 4.79 Å². The number of carbonyl (C=O) groups excluding carboxylic acids is 3. The summed E-state index contributed by atoms with van der Waals surface area (Å²) >= 11 is 0. The average molecular weight is 372 g/mol. The number of methoxy groups -OCH3 is 1. The second-order valence-electron chi connectivity index (χ2n) is 6.73. The van der Waals surface area contributed by atoms with E-state index in [9.17, 15) is 14.4 Å². The summed E-state index contributed by atoms with van der Waals surface area (Å²) in [4.78, 5) is 37.6. The Balaban J connectivity index is 1.80. The Morgan fingerprint density at radius 2 is 2.00 bits per heavy atom. The molecule has 2 amide bonds. The molecule has 0 radical (unpaired) electrons. The summed E-state index contributed by atoms with van der Waals surface area (Å²) in [6, 6.07) is 6.48. The Labute approximate surface area is 160 Å².